The Morgan fingerprint density at radius 1 is 1.21 bits per heavy atom. The first kappa shape index (κ1) is 14.5. The topological polar surface area (TPSA) is 27.7 Å². The van der Waals surface area contributed by atoms with Crippen molar-refractivity contribution in [2.24, 2.45) is 0 Å². The minimum atomic E-state index is -0.552. The minimum Gasteiger partial charge on any atom is -0.378 e. The van der Waals surface area contributed by atoms with Gasteiger partial charge >= 0.3 is 0 Å². The predicted octanol–water partition coefficient (Wildman–Crippen LogP) is 3.48. The molecule has 0 amide bonds. The number of hydrogen-bond donors (Lipinski definition) is 0. The zero-order valence-electron chi connectivity index (χ0n) is 12.1. The van der Waals surface area contributed by atoms with Gasteiger partial charge in [-0.25, -0.2) is 0 Å². The molecule has 1 aliphatic rings. The molecular formula is C16H24O3. The Morgan fingerprint density at radius 3 is 2.53 bits per heavy atom. The van der Waals surface area contributed by atoms with E-state index in [-0.39, 0.29) is 0 Å². The minimum absolute atomic E-state index is 0.474. The summed E-state index contributed by atoms with van der Waals surface area (Å²) in [5.41, 5.74) is 0.649. The molecule has 1 atom stereocenters. The number of ether oxygens (including phenoxy) is 3. The van der Waals surface area contributed by atoms with Crippen molar-refractivity contribution >= 4 is 0 Å². The van der Waals surface area contributed by atoms with Gasteiger partial charge in [-0.05, 0) is 25.8 Å². The van der Waals surface area contributed by atoms with Crippen molar-refractivity contribution in [3.63, 3.8) is 0 Å². The lowest BCUT2D eigenvalue weighted by Crippen LogP contribution is -2.36. The fourth-order valence-electron chi connectivity index (χ4n) is 2.34. The van der Waals surface area contributed by atoms with Crippen LogP contribution in [0.1, 0.15) is 39.2 Å². The molecule has 0 aliphatic carbocycles. The zero-order chi connectivity index (χ0) is 13.8. The van der Waals surface area contributed by atoms with Crippen LogP contribution in [0.25, 0.3) is 0 Å². The van der Waals surface area contributed by atoms with Gasteiger partial charge in [0, 0.05) is 6.61 Å². The highest BCUT2D eigenvalue weighted by Gasteiger charge is 2.46. The number of rotatable bonds is 6. The monoisotopic (exact) mass is 264 g/mol. The van der Waals surface area contributed by atoms with Crippen LogP contribution in [0.4, 0.5) is 0 Å². The van der Waals surface area contributed by atoms with Crippen molar-refractivity contribution in [1.82, 2.24) is 0 Å². The van der Waals surface area contributed by atoms with E-state index in [2.05, 4.69) is 19.1 Å². The van der Waals surface area contributed by atoms with Crippen molar-refractivity contribution in [3.8, 4) is 0 Å². The summed E-state index contributed by atoms with van der Waals surface area (Å²) >= 11 is 0. The van der Waals surface area contributed by atoms with Crippen LogP contribution in [-0.4, -0.2) is 25.6 Å². The number of benzene rings is 1. The molecule has 0 unspecified atom stereocenters. The molecule has 1 aromatic rings. The Kier molecular flexibility index (Phi) is 4.61. The van der Waals surface area contributed by atoms with E-state index in [0.29, 0.717) is 13.2 Å². The van der Waals surface area contributed by atoms with Crippen molar-refractivity contribution in [2.75, 3.05) is 19.8 Å². The van der Waals surface area contributed by atoms with Gasteiger partial charge < -0.3 is 14.2 Å². The first-order chi connectivity index (χ1) is 9.08. The molecule has 1 aliphatic heterocycles. The van der Waals surface area contributed by atoms with E-state index in [9.17, 15) is 0 Å². The summed E-state index contributed by atoms with van der Waals surface area (Å²) in [6.07, 6.45) is 2.22. The standard InChI is InChI=1S/C16H24O3/c1-4-5-11-17-12-16(13-18-15(2,3)19-16)14-9-7-6-8-10-14/h6-10H,4-5,11-13H2,1-3H3/t16-/m0/s1. The molecule has 3 nitrogen and oxygen atoms in total. The van der Waals surface area contributed by atoms with Gasteiger partial charge in [-0.15, -0.1) is 0 Å². The van der Waals surface area contributed by atoms with E-state index in [1.165, 1.54) is 0 Å². The van der Waals surface area contributed by atoms with E-state index < -0.39 is 11.4 Å². The molecule has 0 radical (unpaired) electrons. The lowest BCUT2D eigenvalue weighted by Gasteiger charge is -2.29. The largest absolute Gasteiger partial charge is 0.378 e. The Morgan fingerprint density at radius 2 is 1.95 bits per heavy atom. The SMILES string of the molecule is CCCCOC[C@@]1(c2ccccc2)COC(C)(C)O1. The molecule has 0 spiro atoms. The van der Waals surface area contributed by atoms with E-state index in [1.807, 2.05) is 32.0 Å². The first-order valence-corrected chi connectivity index (χ1v) is 7.05. The van der Waals surface area contributed by atoms with Gasteiger partial charge in [-0.2, -0.15) is 0 Å². The van der Waals surface area contributed by atoms with Gasteiger partial charge in [0.15, 0.2) is 5.79 Å². The summed E-state index contributed by atoms with van der Waals surface area (Å²) in [5.74, 6) is -0.552. The highest BCUT2D eigenvalue weighted by Crippen LogP contribution is 2.38. The van der Waals surface area contributed by atoms with Crippen LogP contribution in [0.15, 0.2) is 30.3 Å². The molecule has 19 heavy (non-hydrogen) atoms. The summed E-state index contributed by atoms with van der Waals surface area (Å²) < 4.78 is 17.7. The van der Waals surface area contributed by atoms with Gasteiger partial charge in [-0.1, -0.05) is 43.7 Å². The quantitative estimate of drug-likeness (QED) is 0.736. The fraction of sp³-hybridized carbons (Fsp3) is 0.625. The van der Waals surface area contributed by atoms with Crippen LogP contribution < -0.4 is 0 Å². The smallest absolute Gasteiger partial charge is 0.164 e. The second kappa shape index (κ2) is 6.04. The Bertz CT molecular complexity index is 388. The molecule has 0 bridgehead atoms. The molecule has 1 saturated heterocycles. The Hall–Kier alpha value is -0.900. The van der Waals surface area contributed by atoms with Gasteiger partial charge in [0.25, 0.3) is 0 Å². The molecular weight excluding hydrogens is 240 g/mol. The zero-order valence-corrected chi connectivity index (χ0v) is 12.1. The molecule has 0 aromatic heterocycles. The third-order valence-electron chi connectivity index (χ3n) is 3.37. The Balaban J connectivity index is 2.11. The summed E-state index contributed by atoms with van der Waals surface area (Å²) in [6.45, 7) is 7.91. The average Bonchev–Trinajstić information content (AvgIpc) is 2.73. The molecule has 1 heterocycles. The molecule has 106 valence electrons. The van der Waals surface area contributed by atoms with Gasteiger partial charge in [0.05, 0.1) is 13.2 Å². The third kappa shape index (κ3) is 3.56. The van der Waals surface area contributed by atoms with Crippen LogP contribution >= 0.6 is 0 Å². The maximum absolute atomic E-state index is 6.16. The number of unbranched alkanes of at least 4 members (excludes halogenated alkanes) is 1. The van der Waals surface area contributed by atoms with E-state index >= 15 is 0 Å². The maximum atomic E-state index is 6.16. The van der Waals surface area contributed by atoms with Crippen LogP contribution in [0.3, 0.4) is 0 Å². The predicted molar refractivity (Wildman–Crippen MR) is 75.0 cm³/mol. The molecule has 3 heteroatoms. The Labute approximate surface area is 115 Å². The number of hydrogen-bond acceptors (Lipinski definition) is 3. The highest BCUT2D eigenvalue weighted by atomic mass is 16.8. The molecule has 0 N–H and O–H groups in total. The molecule has 1 aromatic carbocycles. The molecule has 0 saturated carbocycles. The van der Waals surface area contributed by atoms with Crippen molar-refractivity contribution in [2.45, 2.75) is 45.0 Å². The van der Waals surface area contributed by atoms with Crippen molar-refractivity contribution < 1.29 is 14.2 Å². The normalized spacial score (nSPS) is 25.6. The van der Waals surface area contributed by atoms with E-state index in [4.69, 9.17) is 14.2 Å². The van der Waals surface area contributed by atoms with Crippen LogP contribution in [-0.2, 0) is 19.8 Å². The van der Waals surface area contributed by atoms with Gasteiger partial charge in [-0.3, -0.25) is 0 Å². The van der Waals surface area contributed by atoms with Crippen LogP contribution in [0.5, 0.6) is 0 Å². The summed E-state index contributed by atoms with van der Waals surface area (Å²) in [5, 5.41) is 0. The molecule has 1 fully saturated rings. The molecule has 2 rings (SSSR count). The second-order valence-electron chi connectivity index (χ2n) is 5.56. The summed E-state index contributed by atoms with van der Waals surface area (Å²) in [7, 11) is 0. The third-order valence-corrected chi connectivity index (χ3v) is 3.37. The van der Waals surface area contributed by atoms with Crippen LogP contribution in [0, 0.1) is 0 Å². The first-order valence-electron chi connectivity index (χ1n) is 7.05. The van der Waals surface area contributed by atoms with Gasteiger partial charge in [0.2, 0.25) is 0 Å². The summed E-state index contributed by atoms with van der Waals surface area (Å²) in [4.78, 5) is 0. The second-order valence-corrected chi connectivity index (χ2v) is 5.56. The van der Waals surface area contributed by atoms with E-state index in [1.54, 1.807) is 0 Å². The van der Waals surface area contributed by atoms with Crippen molar-refractivity contribution in [3.05, 3.63) is 35.9 Å². The maximum Gasteiger partial charge on any atom is 0.164 e. The average molecular weight is 264 g/mol. The summed E-state index contributed by atoms with van der Waals surface area (Å²) in [6, 6.07) is 10.2. The highest BCUT2D eigenvalue weighted by molar-refractivity contribution is 5.24. The fourth-order valence-corrected chi connectivity index (χ4v) is 2.34. The van der Waals surface area contributed by atoms with Crippen molar-refractivity contribution in [1.29, 1.82) is 0 Å². The lowest BCUT2D eigenvalue weighted by atomic mass is 9.95. The van der Waals surface area contributed by atoms with E-state index in [0.717, 1.165) is 25.0 Å². The lowest BCUT2D eigenvalue weighted by molar-refractivity contribution is -0.176. The van der Waals surface area contributed by atoms with Crippen LogP contribution in [0.2, 0.25) is 0 Å². The van der Waals surface area contributed by atoms with Gasteiger partial charge in [0.1, 0.15) is 5.60 Å².